The smallest absolute Gasteiger partial charge is 0.00772 e. The Morgan fingerprint density at radius 1 is 1.20 bits per heavy atom. The van der Waals surface area contributed by atoms with Crippen LogP contribution in [0, 0.1) is 23.2 Å². The molecule has 1 saturated carbocycles. The maximum Gasteiger partial charge on any atom is -0.00772 e. The van der Waals surface area contributed by atoms with Crippen molar-refractivity contribution in [3.8, 4) is 0 Å². The molecule has 1 heteroatoms. The molecule has 15 heavy (non-hydrogen) atoms. The lowest BCUT2D eigenvalue weighted by molar-refractivity contribution is 0.176. The predicted molar refractivity (Wildman–Crippen MR) is 67.7 cm³/mol. The van der Waals surface area contributed by atoms with Crippen molar-refractivity contribution in [3.05, 3.63) is 0 Å². The van der Waals surface area contributed by atoms with Gasteiger partial charge in [0.05, 0.1) is 0 Å². The highest BCUT2D eigenvalue weighted by Gasteiger charge is 2.34. The van der Waals surface area contributed by atoms with Gasteiger partial charge in [-0.15, -0.1) is 0 Å². The quantitative estimate of drug-likeness (QED) is 0.706. The standard InChI is InChI=1S/C14H29N/c1-11-7-8-12(2)14(3,4)10-13(11)6-5-9-15/h11-13H,5-10,15H2,1-4H3. The topological polar surface area (TPSA) is 26.0 Å². The largest absolute Gasteiger partial charge is 0.330 e. The lowest BCUT2D eigenvalue weighted by atomic mass is 9.73. The summed E-state index contributed by atoms with van der Waals surface area (Å²) in [5.74, 6) is 2.69. The van der Waals surface area contributed by atoms with Crippen LogP contribution in [-0.2, 0) is 0 Å². The van der Waals surface area contributed by atoms with Crippen molar-refractivity contribution >= 4 is 0 Å². The first-order chi connectivity index (χ1) is 6.97. The highest BCUT2D eigenvalue weighted by atomic mass is 14.5. The molecule has 0 aliphatic heterocycles. The Morgan fingerprint density at radius 3 is 2.47 bits per heavy atom. The highest BCUT2D eigenvalue weighted by molar-refractivity contribution is 4.85. The first kappa shape index (κ1) is 13.0. The molecule has 1 rings (SSSR count). The lowest BCUT2D eigenvalue weighted by Crippen LogP contribution is -2.23. The summed E-state index contributed by atoms with van der Waals surface area (Å²) in [6, 6.07) is 0. The zero-order valence-electron chi connectivity index (χ0n) is 11.1. The molecule has 0 aromatic heterocycles. The molecular weight excluding hydrogens is 182 g/mol. The summed E-state index contributed by atoms with van der Waals surface area (Å²) in [5.41, 5.74) is 6.16. The molecule has 90 valence electrons. The molecule has 1 fully saturated rings. The molecule has 1 aliphatic carbocycles. The second-order valence-electron chi connectivity index (χ2n) is 6.34. The van der Waals surface area contributed by atoms with Gasteiger partial charge in [0.2, 0.25) is 0 Å². The molecule has 3 atom stereocenters. The van der Waals surface area contributed by atoms with Crippen LogP contribution < -0.4 is 5.73 Å². The minimum absolute atomic E-state index is 0.532. The van der Waals surface area contributed by atoms with Crippen LogP contribution in [0.1, 0.15) is 59.8 Å². The summed E-state index contributed by atoms with van der Waals surface area (Å²) in [5, 5.41) is 0. The molecule has 2 N–H and O–H groups in total. The van der Waals surface area contributed by atoms with E-state index in [0.29, 0.717) is 5.41 Å². The average molecular weight is 211 g/mol. The van der Waals surface area contributed by atoms with Crippen molar-refractivity contribution in [2.24, 2.45) is 28.9 Å². The molecule has 0 saturated heterocycles. The Hall–Kier alpha value is -0.0400. The van der Waals surface area contributed by atoms with E-state index in [2.05, 4.69) is 27.7 Å². The van der Waals surface area contributed by atoms with E-state index < -0.39 is 0 Å². The normalized spacial score (nSPS) is 36.2. The van der Waals surface area contributed by atoms with E-state index in [-0.39, 0.29) is 0 Å². The Balaban J connectivity index is 2.61. The van der Waals surface area contributed by atoms with Crippen LogP contribution in [-0.4, -0.2) is 6.54 Å². The molecule has 0 amide bonds. The van der Waals surface area contributed by atoms with Gasteiger partial charge in [0.25, 0.3) is 0 Å². The summed E-state index contributed by atoms with van der Waals surface area (Å²) >= 11 is 0. The van der Waals surface area contributed by atoms with Crippen LogP contribution in [0.4, 0.5) is 0 Å². The SMILES string of the molecule is CC1CCC(C)C(C)(C)CC1CCCN. The van der Waals surface area contributed by atoms with Crippen molar-refractivity contribution in [2.75, 3.05) is 6.54 Å². The van der Waals surface area contributed by atoms with Crippen molar-refractivity contribution in [3.63, 3.8) is 0 Å². The van der Waals surface area contributed by atoms with E-state index in [1.807, 2.05) is 0 Å². The Morgan fingerprint density at radius 2 is 1.87 bits per heavy atom. The molecule has 0 spiro atoms. The molecular formula is C14H29N. The van der Waals surface area contributed by atoms with Crippen LogP contribution in [0.25, 0.3) is 0 Å². The van der Waals surface area contributed by atoms with Gasteiger partial charge >= 0.3 is 0 Å². The number of hydrogen-bond acceptors (Lipinski definition) is 1. The third-order valence-corrected chi connectivity index (χ3v) is 4.76. The van der Waals surface area contributed by atoms with E-state index in [1.165, 1.54) is 32.1 Å². The second kappa shape index (κ2) is 5.34. The Bertz CT molecular complexity index is 186. The van der Waals surface area contributed by atoms with E-state index in [0.717, 1.165) is 24.3 Å². The first-order valence-corrected chi connectivity index (χ1v) is 6.67. The number of rotatable bonds is 3. The first-order valence-electron chi connectivity index (χ1n) is 6.67. The molecule has 0 bridgehead atoms. The monoisotopic (exact) mass is 211 g/mol. The fraction of sp³-hybridized carbons (Fsp3) is 1.00. The maximum atomic E-state index is 5.63. The minimum Gasteiger partial charge on any atom is -0.330 e. The Kier molecular flexibility index (Phi) is 4.64. The molecule has 1 nitrogen and oxygen atoms in total. The molecule has 0 aromatic rings. The van der Waals surface area contributed by atoms with Crippen LogP contribution in [0.15, 0.2) is 0 Å². The van der Waals surface area contributed by atoms with Crippen LogP contribution in [0.3, 0.4) is 0 Å². The van der Waals surface area contributed by atoms with Crippen LogP contribution in [0.5, 0.6) is 0 Å². The third kappa shape index (κ3) is 3.48. The number of hydrogen-bond donors (Lipinski definition) is 1. The van der Waals surface area contributed by atoms with Gasteiger partial charge in [0.1, 0.15) is 0 Å². The second-order valence-corrected chi connectivity index (χ2v) is 6.34. The van der Waals surface area contributed by atoms with Gasteiger partial charge in [-0.3, -0.25) is 0 Å². The van der Waals surface area contributed by atoms with Gasteiger partial charge < -0.3 is 5.73 Å². The summed E-state index contributed by atoms with van der Waals surface area (Å²) in [6.07, 6.45) is 6.77. The zero-order chi connectivity index (χ0) is 11.5. The molecule has 1 aliphatic rings. The summed E-state index contributed by atoms with van der Waals surface area (Å²) in [7, 11) is 0. The summed E-state index contributed by atoms with van der Waals surface area (Å²) in [4.78, 5) is 0. The van der Waals surface area contributed by atoms with Gasteiger partial charge in [-0.25, -0.2) is 0 Å². The molecule has 3 unspecified atom stereocenters. The van der Waals surface area contributed by atoms with Gasteiger partial charge in [-0.05, 0) is 55.4 Å². The highest BCUT2D eigenvalue weighted by Crippen LogP contribution is 2.44. The van der Waals surface area contributed by atoms with Crippen molar-refractivity contribution in [1.29, 1.82) is 0 Å². The van der Waals surface area contributed by atoms with Gasteiger partial charge in [0, 0.05) is 0 Å². The average Bonchev–Trinajstić information content (AvgIpc) is 2.27. The van der Waals surface area contributed by atoms with E-state index in [1.54, 1.807) is 0 Å². The van der Waals surface area contributed by atoms with Crippen molar-refractivity contribution < 1.29 is 0 Å². The fourth-order valence-corrected chi connectivity index (χ4v) is 2.98. The van der Waals surface area contributed by atoms with E-state index >= 15 is 0 Å². The number of nitrogens with two attached hydrogens (primary N) is 1. The minimum atomic E-state index is 0.532. The van der Waals surface area contributed by atoms with Crippen LogP contribution in [0.2, 0.25) is 0 Å². The maximum absolute atomic E-state index is 5.63. The Labute approximate surface area is 95.8 Å². The molecule has 0 heterocycles. The van der Waals surface area contributed by atoms with Gasteiger partial charge in [-0.1, -0.05) is 34.1 Å². The summed E-state index contributed by atoms with van der Waals surface area (Å²) < 4.78 is 0. The third-order valence-electron chi connectivity index (χ3n) is 4.76. The molecule has 0 aromatic carbocycles. The van der Waals surface area contributed by atoms with Crippen molar-refractivity contribution in [2.45, 2.75) is 59.8 Å². The predicted octanol–water partition coefficient (Wildman–Crippen LogP) is 3.82. The van der Waals surface area contributed by atoms with Crippen molar-refractivity contribution in [1.82, 2.24) is 0 Å². The fourth-order valence-electron chi connectivity index (χ4n) is 2.98. The van der Waals surface area contributed by atoms with E-state index in [9.17, 15) is 0 Å². The van der Waals surface area contributed by atoms with Crippen LogP contribution >= 0.6 is 0 Å². The lowest BCUT2D eigenvalue weighted by Gasteiger charge is -2.33. The van der Waals surface area contributed by atoms with Gasteiger partial charge in [-0.2, -0.15) is 0 Å². The molecule has 0 radical (unpaired) electrons. The van der Waals surface area contributed by atoms with Gasteiger partial charge in [0.15, 0.2) is 0 Å². The van der Waals surface area contributed by atoms with E-state index in [4.69, 9.17) is 5.73 Å². The zero-order valence-corrected chi connectivity index (χ0v) is 11.1. The summed E-state index contributed by atoms with van der Waals surface area (Å²) in [6.45, 7) is 10.6.